The van der Waals surface area contributed by atoms with Crippen LogP contribution >= 0.6 is 46.4 Å². The summed E-state index contributed by atoms with van der Waals surface area (Å²) in [6.07, 6.45) is 2.24. The second kappa shape index (κ2) is 10.7. The number of nitrogens with two attached hydrogens (primary N) is 1. The number of amides is 2. The van der Waals surface area contributed by atoms with Crippen LogP contribution < -0.4 is 5.73 Å². The van der Waals surface area contributed by atoms with Crippen LogP contribution in [0.5, 0.6) is 0 Å². The number of quaternary nitrogens is 1. The number of carbonyl (C=O) groups is 2. The third-order valence-electron chi connectivity index (χ3n) is 6.74. The van der Waals surface area contributed by atoms with Crippen LogP contribution in [0, 0.1) is 0 Å². The number of primary amides is 1. The summed E-state index contributed by atoms with van der Waals surface area (Å²) in [7, 11) is 5.75. The zero-order valence-electron chi connectivity index (χ0n) is 19.6. The standard InChI is InChI=1S/C25H29Cl4N3O2/c1-31(2)11-4-12-32(3,22(23(30)33)13-16-5-6-17(26)14-20(16)28)24(34)25(9-10-25)19-8-7-18(27)15-21(19)29/h5-8,14-15,22H,4,9-13H2,1-3H3,(H-,30,33)/p+1/t22-,32?/m0/s1. The largest absolute Gasteiger partial charge is 0.364 e. The van der Waals surface area contributed by atoms with Gasteiger partial charge in [0.1, 0.15) is 5.41 Å². The van der Waals surface area contributed by atoms with Crippen LogP contribution in [0.2, 0.25) is 20.1 Å². The van der Waals surface area contributed by atoms with E-state index in [1.165, 1.54) is 0 Å². The lowest BCUT2D eigenvalue weighted by Crippen LogP contribution is -2.65. The molecule has 2 aromatic rings. The van der Waals surface area contributed by atoms with Crippen molar-refractivity contribution in [2.24, 2.45) is 5.73 Å². The van der Waals surface area contributed by atoms with E-state index in [1.54, 1.807) is 37.4 Å². The maximum atomic E-state index is 14.3. The number of carbonyl (C=O) groups excluding carboxylic acids is 2. The molecule has 184 valence electrons. The third-order valence-corrected chi connectivity index (χ3v) is 7.88. The number of halogens is 4. The van der Waals surface area contributed by atoms with Crippen LogP contribution in [0.25, 0.3) is 0 Å². The highest BCUT2D eigenvalue weighted by Crippen LogP contribution is 2.53. The van der Waals surface area contributed by atoms with E-state index in [4.69, 9.17) is 52.1 Å². The Morgan fingerprint density at radius 3 is 2.12 bits per heavy atom. The molecule has 3 rings (SSSR count). The van der Waals surface area contributed by atoms with Gasteiger partial charge in [-0.25, -0.2) is 4.79 Å². The lowest BCUT2D eigenvalue weighted by Gasteiger charge is -2.40. The first-order valence-corrected chi connectivity index (χ1v) is 12.7. The van der Waals surface area contributed by atoms with Crippen molar-refractivity contribution in [2.45, 2.75) is 37.1 Å². The molecule has 0 spiro atoms. The number of rotatable bonds is 10. The topological polar surface area (TPSA) is 63.4 Å². The minimum Gasteiger partial charge on any atom is -0.364 e. The van der Waals surface area contributed by atoms with Crippen molar-refractivity contribution in [1.82, 2.24) is 4.90 Å². The maximum absolute atomic E-state index is 14.3. The Kier molecular flexibility index (Phi) is 8.60. The number of hydrogen-bond acceptors (Lipinski definition) is 3. The van der Waals surface area contributed by atoms with Gasteiger partial charge in [-0.1, -0.05) is 58.5 Å². The molecule has 1 aliphatic rings. The van der Waals surface area contributed by atoms with E-state index in [0.29, 0.717) is 51.5 Å². The Labute approximate surface area is 221 Å². The fraction of sp³-hybridized carbons (Fsp3) is 0.440. The molecule has 0 aliphatic heterocycles. The zero-order valence-corrected chi connectivity index (χ0v) is 22.6. The van der Waals surface area contributed by atoms with E-state index in [-0.39, 0.29) is 16.8 Å². The summed E-state index contributed by atoms with van der Waals surface area (Å²) in [5.74, 6) is -0.617. The summed E-state index contributed by atoms with van der Waals surface area (Å²) in [6, 6.07) is 9.52. The first kappa shape index (κ1) is 27.3. The van der Waals surface area contributed by atoms with Crippen molar-refractivity contribution in [2.75, 3.05) is 34.2 Å². The van der Waals surface area contributed by atoms with E-state index >= 15 is 0 Å². The SMILES string of the molecule is CN(C)CCC[N+](C)(C(=O)C1(c2ccc(Cl)cc2Cl)CC1)[C@@H](Cc1ccc(Cl)cc1Cl)C(N)=O. The molecule has 0 saturated heterocycles. The van der Waals surface area contributed by atoms with E-state index < -0.39 is 17.4 Å². The predicted octanol–water partition coefficient (Wildman–Crippen LogP) is 5.35. The molecule has 1 unspecified atom stereocenters. The summed E-state index contributed by atoms with van der Waals surface area (Å²) in [4.78, 5) is 29.2. The van der Waals surface area contributed by atoms with Crippen molar-refractivity contribution in [3.63, 3.8) is 0 Å². The molecule has 0 radical (unpaired) electrons. The number of benzene rings is 2. The zero-order chi connectivity index (χ0) is 25.3. The van der Waals surface area contributed by atoms with E-state index in [2.05, 4.69) is 0 Å². The fourth-order valence-corrected chi connectivity index (χ4v) is 5.76. The van der Waals surface area contributed by atoms with Crippen molar-refractivity contribution in [3.8, 4) is 0 Å². The highest BCUT2D eigenvalue weighted by atomic mass is 35.5. The van der Waals surface area contributed by atoms with Crippen molar-refractivity contribution in [3.05, 3.63) is 67.6 Å². The minimum absolute atomic E-state index is 0.0654. The molecule has 1 aliphatic carbocycles. The van der Waals surface area contributed by atoms with Crippen LogP contribution in [0.4, 0.5) is 0 Å². The number of likely N-dealkylation sites (N-methyl/N-ethyl adjacent to an activating group) is 1. The smallest absolute Gasteiger partial charge is 0.324 e. The molecule has 0 heterocycles. The number of nitrogens with zero attached hydrogens (tertiary/aromatic N) is 2. The van der Waals surface area contributed by atoms with Gasteiger partial charge in [-0.15, -0.1) is 0 Å². The summed E-state index contributed by atoms with van der Waals surface area (Å²) in [6.45, 7) is 1.21. The second-order valence-electron chi connectivity index (χ2n) is 9.52. The van der Waals surface area contributed by atoms with Gasteiger partial charge in [0, 0.05) is 39.5 Å². The molecule has 34 heavy (non-hydrogen) atoms. The second-order valence-corrected chi connectivity index (χ2v) is 11.2. The molecule has 9 heteroatoms. The van der Waals surface area contributed by atoms with Crippen LogP contribution in [-0.2, 0) is 21.4 Å². The van der Waals surface area contributed by atoms with E-state index in [9.17, 15) is 9.59 Å². The Balaban J connectivity index is 2.04. The van der Waals surface area contributed by atoms with Crippen molar-refractivity contribution < 1.29 is 14.1 Å². The summed E-state index contributed by atoms with van der Waals surface area (Å²) in [5, 5.41) is 1.90. The molecule has 1 saturated carbocycles. The molecule has 2 atom stereocenters. The summed E-state index contributed by atoms with van der Waals surface area (Å²) >= 11 is 25.1. The van der Waals surface area contributed by atoms with Gasteiger partial charge >= 0.3 is 5.91 Å². The Hall–Kier alpha value is -1.34. The molecular formula is C25H30Cl4N3O2+. The van der Waals surface area contributed by atoms with Crippen LogP contribution in [-0.4, -0.2) is 61.5 Å². The highest BCUT2D eigenvalue weighted by molar-refractivity contribution is 6.35. The molecular weight excluding hydrogens is 516 g/mol. The van der Waals surface area contributed by atoms with Gasteiger partial charge in [-0.2, -0.15) is 0 Å². The highest BCUT2D eigenvalue weighted by Gasteiger charge is 2.62. The fourth-order valence-electron chi connectivity index (χ4n) is 4.68. The normalized spacial score (nSPS) is 17.3. The van der Waals surface area contributed by atoms with Gasteiger partial charge in [0.25, 0.3) is 5.91 Å². The average molecular weight is 546 g/mol. The first-order chi connectivity index (χ1) is 15.9. The number of hydrogen-bond donors (Lipinski definition) is 1. The predicted molar refractivity (Wildman–Crippen MR) is 140 cm³/mol. The lowest BCUT2D eigenvalue weighted by molar-refractivity contribution is -0.852. The van der Waals surface area contributed by atoms with Gasteiger partial charge in [0.15, 0.2) is 6.04 Å². The summed E-state index contributed by atoms with van der Waals surface area (Å²) < 4.78 is -0.138. The van der Waals surface area contributed by atoms with Gasteiger partial charge in [-0.3, -0.25) is 9.28 Å². The van der Waals surface area contributed by atoms with Crippen molar-refractivity contribution >= 4 is 58.2 Å². The van der Waals surface area contributed by atoms with Gasteiger partial charge in [0.2, 0.25) is 0 Å². The van der Waals surface area contributed by atoms with Crippen LogP contribution in [0.15, 0.2) is 36.4 Å². The molecule has 2 aromatic carbocycles. The van der Waals surface area contributed by atoms with E-state index in [1.807, 2.05) is 25.1 Å². The Morgan fingerprint density at radius 1 is 1.03 bits per heavy atom. The van der Waals surface area contributed by atoms with Gasteiger partial charge < -0.3 is 10.6 Å². The summed E-state index contributed by atoms with van der Waals surface area (Å²) in [5.41, 5.74) is 6.63. The monoisotopic (exact) mass is 544 g/mol. The third kappa shape index (κ3) is 5.72. The van der Waals surface area contributed by atoms with Crippen LogP contribution in [0.3, 0.4) is 0 Å². The first-order valence-electron chi connectivity index (χ1n) is 11.1. The molecule has 5 nitrogen and oxygen atoms in total. The van der Waals surface area contributed by atoms with Gasteiger partial charge in [0.05, 0.1) is 13.6 Å². The Bertz CT molecular complexity index is 1090. The van der Waals surface area contributed by atoms with Crippen LogP contribution in [0.1, 0.15) is 30.4 Å². The maximum Gasteiger partial charge on any atom is 0.324 e. The molecule has 0 aromatic heterocycles. The average Bonchev–Trinajstić information content (AvgIpc) is 3.53. The van der Waals surface area contributed by atoms with Gasteiger partial charge in [-0.05, 0) is 62.3 Å². The molecule has 1 fully saturated rings. The lowest BCUT2D eigenvalue weighted by atomic mass is 9.90. The molecule has 0 bridgehead atoms. The quantitative estimate of drug-likeness (QED) is 0.409. The minimum atomic E-state index is -0.808. The van der Waals surface area contributed by atoms with E-state index in [0.717, 1.165) is 12.1 Å². The van der Waals surface area contributed by atoms with Crippen molar-refractivity contribution in [1.29, 1.82) is 0 Å². The molecule has 2 amide bonds. The molecule has 2 N–H and O–H groups in total. The Morgan fingerprint density at radius 2 is 1.62 bits per heavy atom.